The number of alkyl halides is 3. The summed E-state index contributed by atoms with van der Waals surface area (Å²) >= 11 is -0.484. The first-order valence-corrected chi connectivity index (χ1v) is 8.68. The van der Waals surface area contributed by atoms with Crippen LogP contribution < -0.4 is 9.78 Å². The van der Waals surface area contributed by atoms with E-state index in [0.717, 1.165) is 4.46 Å². The van der Waals surface area contributed by atoms with Crippen LogP contribution in [0.2, 0.25) is 4.82 Å². The van der Waals surface area contributed by atoms with Crippen molar-refractivity contribution in [3.05, 3.63) is 30.3 Å². The minimum atomic E-state index is -4.99. The van der Waals surface area contributed by atoms with Gasteiger partial charge in [-0.1, -0.05) is 0 Å². The number of hydrogen-bond donors (Lipinski definition) is 1. The number of esters is 1. The topological polar surface area (TPSA) is 55.4 Å². The van der Waals surface area contributed by atoms with E-state index in [9.17, 15) is 22.8 Å². The molecule has 0 aliphatic carbocycles. The predicted octanol–water partition coefficient (Wildman–Crippen LogP) is 1.68. The number of methoxy groups -OCH3 is 1. The SMILES string of the molecule is COC(=O)C([Se]c1ccccc1)[C@@H](NC(=O)C(F)(F)F)C(C)C. The van der Waals surface area contributed by atoms with Gasteiger partial charge in [0.05, 0.1) is 0 Å². The summed E-state index contributed by atoms with van der Waals surface area (Å²) in [5, 5.41) is 1.94. The molecule has 0 bridgehead atoms. The molecule has 0 spiro atoms. The molecule has 0 radical (unpaired) electrons. The van der Waals surface area contributed by atoms with E-state index in [4.69, 9.17) is 4.74 Å². The first-order chi connectivity index (χ1) is 10.7. The third kappa shape index (κ3) is 5.88. The van der Waals surface area contributed by atoms with E-state index in [2.05, 4.69) is 0 Å². The fourth-order valence-electron chi connectivity index (χ4n) is 1.85. The summed E-state index contributed by atoms with van der Waals surface area (Å²) in [7, 11) is 1.18. The summed E-state index contributed by atoms with van der Waals surface area (Å²) in [6, 6.07) is 7.99. The normalized spacial score (nSPS) is 14.2. The van der Waals surface area contributed by atoms with Crippen molar-refractivity contribution in [3.63, 3.8) is 0 Å². The zero-order valence-electron chi connectivity index (χ0n) is 12.9. The molecule has 0 saturated carbocycles. The van der Waals surface area contributed by atoms with E-state index in [1.165, 1.54) is 7.11 Å². The molecule has 1 N–H and O–H groups in total. The van der Waals surface area contributed by atoms with Gasteiger partial charge in [0, 0.05) is 0 Å². The molecular weight excluding hydrogens is 378 g/mol. The quantitative estimate of drug-likeness (QED) is 0.588. The molecule has 0 heterocycles. The summed E-state index contributed by atoms with van der Waals surface area (Å²) < 4.78 is 43.1. The van der Waals surface area contributed by atoms with Crippen LogP contribution in [-0.2, 0) is 14.3 Å². The van der Waals surface area contributed by atoms with Crippen molar-refractivity contribution in [3.8, 4) is 0 Å². The molecule has 0 saturated heterocycles. The molecule has 1 rings (SSSR count). The van der Waals surface area contributed by atoms with Gasteiger partial charge in [0.1, 0.15) is 0 Å². The van der Waals surface area contributed by atoms with Crippen LogP contribution in [0.25, 0.3) is 0 Å². The van der Waals surface area contributed by atoms with Crippen molar-refractivity contribution in [2.45, 2.75) is 30.9 Å². The average molecular weight is 396 g/mol. The van der Waals surface area contributed by atoms with Crippen molar-refractivity contribution >= 4 is 31.3 Å². The number of amides is 1. The van der Waals surface area contributed by atoms with Crippen LogP contribution in [0.1, 0.15) is 13.8 Å². The van der Waals surface area contributed by atoms with Crippen LogP contribution in [0, 0.1) is 5.92 Å². The third-order valence-electron chi connectivity index (χ3n) is 3.04. The van der Waals surface area contributed by atoms with Crippen molar-refractivity contribution in [2.75, 3.05) is 7.11 Å². The molecule has 1 amide bonds. The molecule has 1 aromatic carbocycles. The molecule has 2 atom stereocenters. The number of carbonyl (C=O) groups is 2. The Morgan fingerprint density at radius 1 is 1.17 bits per heavy atom. The van der Waals surface area contributed by atoms with Crippen molar-refractivity contribution in [2.24, 2.45) is 5.92 Å². The van der Waals surface area contributed by atoms with Gasteiger partial charge in [0.2, 0.25) is 0 Å². The summed E-state index contributed by atoms with van der Waals surface area (Å²) in [6.45, 7) is 3.30. The van der Waals surface area contributed by atoms with Crippen molar-refractivity contribution < 1.29 is 27.5 Å². The Morgan fingerprint density at radius 3 is 2.17 bits per heavy atom. The average Bonchev–Trinajstić information content (AvgIpc) is 2.49. The second-order valence-corrected chi connectivity index (χ2v) is 7.66. The van der Waals surface area contributed by atoms with Crippen LogP contribution in [0.4, 0.5) is 13.2 Å². The molecular formula is C15H18F3NO3Se. The summed E-state index contributed by atoms with van der Waals surface area (Å²) in [6.07, 6.45) is -4.99. The summed E-state index contributed by atoms with van der Waals surface area (Å²) in [5.41, 5.74) is 0. The van der Waals surface area contributed by atoms with E-state index < -0.39 is 43.9 Å². The zero-order valence-corrected chi connectivity index (χ0v) is 14.6. The van der Waals surface area contributed by atoms with Gasteiger partial charge in [0.25, 0.3) is 0 Å². The second-order valence-electron chi connectivity index (χ2n) is 5.12. The summed E-state index contributed by atoms with van der Waals surface area (Å²) in [4.78, 5) is 22.5. The molecule has 1 unspecified atom stereocenters. The number of rotatable bonds is 6. The molecule has 23 heavy (non-hydrogen) atoms. The number of benzene rings is 1. The Morgan fingerprint density at radius 2 is 1.74 bits per heavy atom. The monoisotopic (exact) mass is 397 g/mol. The standard InChI is InChI=1S/C15H18F3NO3Se/c1-9(2)11(19-14(21)15(16,17)18)12(13(20)22-3)23-10-7-5-4-6-8-10/h4-9,11-12H,1-3H3,(H,19,21)/t11-,12?/m0/s1. The number of nitrogens with one attached hydrogen (secondary N) is 1. The van der Waals surface area contributed by atoms with E-state index in [1.54, 1.807) is 44.2 Å². The van der Waals surface area contributed by atoms with Crippen LogP contribution in [0.5, 0.6) is 0 Å². The second kappa shape index (κ2) is 8.36. The third-order valence-corrected chi connectivity index (χ3v) is 5.73. The van der Waals surface area contributed by atoms with Gasteiger partial charge in [-0.2, -0.15) is 0 Å². The molecule has 0 aliphatic rings. The summed E-state index contributed by atoms with van der Waals surface area (Å²) in [5.74, 6) is -3.04. The van der Waals surface area contributed by atoms with Gasteiger partial charge in [-0.15, -0.1) is 0 Å². The van der Waals surface area contributed by atoms with Crippen molar-refractivity contribution in [1.82, 2.24) is 5.32 Å². The first kappa shape index (κ1) is 19.5. The molecule has 0 aromatic heterocycles. The van der Waals surface area contributed by atoms with Crippen LogP contribution >= 0.6 is 0 Å². The Balaban J connectivity index is 3.04. The van der Waals surface area contributed by atoms with Gasteiger partial charge >= 0.3 is 138 Å². The molecule has 0 fully saturated rings. The molecule has 0 aliphatic heterocycles. The molecule has 4 nitrogen and oxygen atoms in total. The van der Waals surface area contributed by atoms with Gasteiger partial charge in [0.15, 0.2) is 0 Å². The van der Waals surface area contributed by atoms with E-state index >= 15 is 0 Å². The number of ether oxygens (including phenoxy) is 1. The van der Waals surface area contributed by atoms with Crippen molar-refractivity contribution in [1.29, 1.82) is 0 Å². The number of hydrogen-bond acceptors (Lipinski definition) is 3. The van der Waals surface area contributed by atoms with Gasteiger partial charge in [-0.25, -0.2) is 0 Å². The predicted molar refractivity (Wildman–Crippen MR) is 80.4 cm³/mol. The van der Waals surface area contributed by atoms with E-state index in [-0.39, 0.29) is 5.92 Å². The molecule has 1 aromatic rings. The Bertz CT molecular complexity index is 535. The Kier molecular flexibility index (Phi) is 7.09. The molecule has 128 valence electrons. The molecule has 8 heteroatoms. The van der Waals surface area contributed by atoms with Gasteiger partial charge < -0.3 is 0 Å². The first-order valence-electron chi connectivity index (χ1n) is 6.84. The maximum atomic E-state index is 12.5. The Hall–Kier alpha value is -1.53. The zero-order chi connectivity index (χ0) is 17.6. The van der Waals surface area contributed by atoms with Crippen LogP contribution in [0.3, 0.4) is 0 Å². The van der Waals surface area contributed by atoms with Crippen LogP contribution in [0.15, 0.2) is 30.3 Å². The fraction of sp³-hybridized carbons (Fsp3) is 0.467. The van der Waals surface area contributed by atoms with Gasteiger partial charge in [-0.05, 0) is 0 Å². The van der Waals surface area contributed by atoms with E-state index in [0.29, 0.717) is 0 Å². The Labute approximate surface area is 138 Å². The minimum absolute atomic E-state index is 0.365. The number of halogens is 3. The van der Waals surface area contributed by atoms with Gasteiger partial charge in [-0.3, -0.25) is 0 Å². The maximum absolute atomic E-state index is 12.5. The number of carbonyl (C=O) groups excluding carboxylic acids is 2. The van der Waals surface area contributed by atoms with E-state index in [1.807, 2.05) is 5.32 Å². The van der Waals surface area contributed by atoms with Crippen LogP contribution in [-0.4, -0.2) is 46.2 Å². The fourth-order valence-corrected chi connectivity index (χ4v) is 4.64.